The van der Waals surface area contributed by atoms with E-state index < -0.39 is 27.6 Å². The Balaban J connectivity index is 2.55. The van der Waals surface area contributed by atoms with Crippen LogP contribution in [0, 0.1) is 11.8 Å². The first-order chi connectivity index (χ1) is 14.2. The Morgan fingerprint density at radius 1 is 1.03 bits per heavy atom. The fourth-order valence-corrected chi connectivity index (χ4v) is 5.15. The predicted octanol–water partition coefficient (Wildman–Crippen LogP) is 4.95. The van der Waals surface area contributed by atoms with Gasteiger partial charge in [-0.25, -0.2) is 8.42 Å². The van der Waals surface area contributed by atoms with E-state index in [4.69, 9.17) is 4.74 Å². The molecular weight excluding hydrogens is 414 g/mol. The van der Waals surface area contributed by atoms with Gasteiger partial charge in [0.05, 0.1) is 4.90 Å². The van der Waals surface area contributed by atoms with E-state index in [2.05, 4.69) is 0 Å². The summed E-state index contributed by atoms with van der Waals surface area (Å²) in [5.74, 6) is -0.426. The van der Waals surface area contributed by atoms with E-state index in [-0.39, 0.29) is 29.0 Å². The van der Waals surface area contributed by atoms with Crippen LogP contribution in [0.15, 0.2) is 41.3 Å². The van der Waals surface area contributed by atoms with E-state index in [0.717, 1.165) is 5.39 Å². The SMILES string of the molecule is CC(C)CCN([C@H](C(=O)OC(C)(C)C)C(C)C)S(=O)(=O)c1ccc2cc(O)ccc2c1. The molecule has 0 unspecified atom stereocenters. The van der Waals surface area contributed by atoms with Gasteiger partial charge < -0.3 is 9.84 Å². The number of carbonyl (C=O) groups is 1. The molecule has 0 aliphatic carbocycles. The molecule has 0 aliphatic rings. The molecule has 6 nitrogen and oxygen atoms in total. The van der Waals surface area contributed by atoms with Gasteiger partial charge >= 0.3 is 5.97 Å². The minimum Gasteiger partial charge on any atom is -0.508 e. The van der Waals surface area contributed by atoms with E-state index in [9.17, 15) is 18.3 Å². The molecule has 0 fully saturated rings. The van der Waals surface area contributed by atoms with E-state index in [1.54, 1.807) is 45.0 Å². The maximum atomic E-state index is 13.7. The highest BCUT2D eigenvalue weighted by Gasteiger charge is 2.40. The van der Waals surface area contributed by atoms with Crippen LogP contribution in [0.4, 0.5) is 0 Å². The first-order valence-electron chi connectivity index (χ1n) is 10.7. The van der Waals surface area contributed by atoms with Crippen molar-refractivity contribution in [2.75, 3.05) is 6.54 Å². The van der Waals surface area contributed by atoms with E-state index >= 15 is 0 Å². The van der Waals surface area contributed by atoms with Crippen molar-refractivity contribution in [1.29, 1.82) is 0 Å². The summed E-state index contributed by atoms with van der Waals surface area (Å²) in [6.07, 6.45) is 0.618. The lowest BCUT2D eigenvalue weighted by Crippen LogP contribution is -2.50. The van der Waals surface area contributed by atoms with Crippen molar-refractivity contribution >= 4 is 26.8 Å². The van der Waals surface area contributed by atoms with Crippen LogP contribution in [0.3, 0.4) is 0 Å². The Morgan fingerprint density at radius 3 is 2.16 bits per heavy atom. The normalized spacial score (nSPS) is 13.9. The molecule has 0 amide bonds. The number of fused-ring (bicyclic) bond motifs is 1. The molecule has 0 saturated carbocycles. The maximum Gasteiger partial charge on any atom is 0.325 e. The van der Waals surface area contributed by atoms with E-state index in [1.807, 2.05) is 27.7 Å². The van der Waals surface area contributed by atoms with Crippen LogP contribution in [0.1, 0.15) is 54.9 Å². The second-order valence-corrected chi connectivity index (χ2v) is 11.6. The second kappa shape index (κ2) is 9.57. The lowest BCUT2D eigenvalue weighted by Gasteiger charge is -2.34. The molecule has 31 heavy (non-hydrogen) atoms. The number of rotatable bonds is 8. The summed E-state index contributed by atoms with van der Waals surface area (Å²) in [6, 6.07) is 8.62. The standard InChI is InChI=1S/C24H35NO5S/c1-16(2)12-13-25(22(17(3)4)23(27)30-24(5,6)7)31(28,29)21-11-9-18-14-20(26)10-8-19(18)15-21/h8-11,14-17,22,26H,12-13H2,1-7H3/t22-/m0/s1. The lowest BCUT2D eigenvalue weighted by molar-refractivity contribution is -0.161. The van der Waals surface area contributed by atoms with E-state index in [0.29, 0.717) is 11.8 Å². The van der Waals surface area contributed by atoms with Crippen LogP contribution < -0.4 is 0 Å². The molecule has 0 radical (unpaired) electrons. The van der Waals surface area contributed by atoms with Crippen LogP contribution >= 0.6 is 0 Å². The zero-order chi connectivity index (χ0) is 23.6. The summed E-state index contributed by atoms with van der Waals surface area (Å²) < 4.78 is 34.4. The van der Waals surface area contributed by atoms with Crippen LogP contribution in [-0.4, -0.2) is 42.0 Å². The molecule has 2 rings (SSSR count). The lowest BCUT2D eigenvalue weighted by atomic mass is 10.0. The first-order valence-corrected chi connectivity index (χ1v) is 12.1. The minimum atomic E-state index is -3.97. The van der Waals surface area contributed by atoms with Crippen molar-refractivity contribution in [3.8, 4) is 5.75 Å². The predicted molar refractivity (Wildman–Crippen MR) is 123 cm³/mol. The van der Waals surface area contributed by atoms with Crippen LogP contribution in [0.5, 0.6) is 5.75 Å². The minimum absolute atomic E-state index is 0.114. The summed E-state index contributed by atoms with van der Waals surface area (Å²) in [5, 5.41) is 11.1. The van der Waals surface area contributed by atoms with Crippen molar-refractivity contribution in [1.82, 2.24) is 4.31 Å². The van der Waals surface area contributed by atoms with Crippen molar-refractivity contribution < 1.29 is 23.1 Å². The van der Waals surface area contributed by atoms with Gasteiger partial charge in [0.25, 0.3) is 0 Å². The smallest absolute Gasteiger partial charge is 0.325 e. The largest absolute Gasteiger partial charge is 0.508 e. The van der Waals surface area contributed by atoms with Crippen LogP contribution in [0.2, 0.25) is 0 Å². The summed E-state index contributed by atoms with van der Waals surface area (Å²) in [4.78, 5) is 13.2. The molecule has 1 N–H and O–H groups in total. The van der Waals surface area contributed by atoms with Gasteiger partial charge in [-0.3, -0.25) is 4.79 Å². The highest BCUT2D eigenvalue weighted by Crippen LogP contribution is 2.29. The Morgan fingerprint density at radius 2 is 1.61 bits per heavy atom. The second-order valence-electron chi connectivity index (χ2n) is 9.71. The molecule has 172 valence electrons. The third-order valence-electron chi connectivity index (χ3n) is 4.92. The number of aromatic hydroxyl groups is 1. The highest BCUT2D eigenvalue weighted by molar-refractivity contribution is 7.89. The molecule has 2 aromatic carbocycles. The zero-order valence-corrected chi connectivity index (χ0v) is 20.4. The number of hydrogen-bond donors (Lipinski definition) is 1. The summed E-state index contributed by atoms with van der Waals surface area (Å²) in [6.45, 7) is 13.2. The Labute approximate surface area is 186 Å². The first kappa shape index (κ1) is 25.1. The molecule has 0 heterocycles. The van der Waals surface area contributed by atoms with Crippen molar-refractivity contribution in [3.05, 3.63) is 36.4 Å². The number of hydrogen-bond acceptors (Lipinski definition) is 5. The number of carbonyl (C=O) groups excluding carboxylic acids is 1. The van der Waals surface area contributed by atoms with Crippen molar-refractivity contribution in [3.63, 3.8) is 0 Å². The number of nitrogens with zero attached hydrogens (tertiary/aromatic N) is 1. The fraction of sp³-hybridized carbons (Fsp3) is 0.542. The number of ether oxygens (including phenoxy) is 1. The molecule has 0 aromatic heterocycles. The number of esters is 1. The molecule has 1 atom stereocenters. The topological polar surface area (TPSA) is 83.9 Å². The highest BCUT2D eigenvalue weighted by atomic mass is 32.2. The molecule has 2 aromatic rings. The molecule has 0 spiro atoms. The van der Waals surface area contributed by atoms with Crippen LogP contribution in [-0.2, 0) is 19.6 Å². The monoisotopic (exact) mass is 449 g/mol. The molecular formula is C24H35NO5S. The molecule has 0 saturated heterocycles. The van der Waals surface area contributed by atoms with Gasteiger partial charge in [-0.05, 0) is 74.1 Å². The Bertz CT molecular complexity index is 1020. The van der Waals surface area contributed by atoms with E-state index in [1.165, 1.54) is 16.4 Å². The zero-order valence-electron chi connectivity index (χ0n) is 19.5. The fourth-order valence-electron chi connectivity index (χ4n) is 3.39. The van der Waals surface area contributed by atoms with Crippen LogP contribution in [0.25, 0.3) is 10.8 Å². The van der Waals surface area contributed by atoms with Gasteiger partial charge in [-0.15, -0.1) is 0 Å². The Hall–Kier alpha value is -2.12. The average Bonchev–Trinajstić information content (AvgIpc) is 2.62. The molecule has 7 heteroatoms. The summed E-state index contributed by atoms with van der Waals surface area (Å²) >= 11 is 0. The third-order valence-corrected chi connectivity index (χ3v) is 6.80. The number of benzene rings is 2. The quantitative estimate of drug-likeness (QED) is 0.577. The van der Waals surface area contributed by atoms with Gasteiger partial charge in [-0.2, -0.15) is 4.31 Å². The summed E-state index contributed by atoms with van der Waals surface area (Å²) in [5.41, 5.74) is -0.720. The van der Waals surface area contributed by atoms with Gasteiger partial charge in [0.2, 0.25) is 10.0 Å². The van der Waals surface area contributed by atoms with Gasteiger partial charge in [-0.1, -0.05) is 39.8 Å². The average molecular weight is 450 g/mol. The van der Waals surface area contributed by atoms with Crippen molar-refractivity contribution in [2.24, 2.45) is 11.8 Å². The maximum absolute atomic E-state index is 13.7. The molecule has 0 aliphatic heterocycles. The number of sulfonamides is 1. The van der Waals surface area contributed by atoms with Gasteiger partial charge in [0.1, 0.15) is 17.4 Å². The van der Waals surface area contributed by atoms with Gasteiger partial charge in [0.15, 0.2) is 0 Å². The molecule has 0 bridgehead atoms. The Kier molecular flexibility index (Phi) is 7.76. The number of phenolic OH excluding ortho intramolecular Hbond substituents is 1. The van der Waals surface area contributed by atoms with Crippen molar-refractivity contribution in [2.45, 2.75) is 71.4 Å². The van der Waals surface area contributed by atoms with Gasteiger partial charge in [0, 0.05) is 6.54 Å². The summed E-state index contributed by atoms with van der Waals surface area (Å²) in [7, 11) is -3.97. The third kappa shape index (κ3) is 6.43. The number of phenols is 1.